The van der Waals surface area contributed by atoms with Gasteiger partial charge in [-0.2, -0.15) is 0 Å². The molecule has 0 radical (unpaired) electrons. The number of carbonyl (C=O) groups excluding carboxylic acids is 2. The molecule has 0 saturated carbocycles. The third-order valence-electron chi connectivity index (χ3n) is 2.53. The van der Waals surface area contributed by atoms with E-state index in [1.165, 1.54) is 0 Å². The molecule has 21 heavy (non-hydrogen) atoms. The fourth-order valence-corrected chi connectivity index (χ4v) is 1.47. The SMILES string of the molecule is NC(=O)CC[C@@H](NC(=O)c1cc(F)c(F)c(F)c1)C(=O)O. The standard InChI is InChI=1S/C12H11F3N2O4/c13-6-3-5(4-7(14)10(6)15)11(19)17-8(12(20)21)1-2-9(16)18/h3-4,8H,1-2H2,(H2,16,18)(H,17,19)(H,20,21)/t8-/m1/s1. The van der Waals surface area contributed by atoms with Crippen molar-refractivity contribution in [1.29, 1.82) is 0 Å². The van der Waals surface area contributed by atoms with Crippen LogP contribution in [0.5, 0.6) is 0 Å². The summed E-state index contributed by atoms with van der Waals surface area (Å²) in [4.78, 5) is 33.2. The van der Waals surface area contributed by atoms with E-state index in [0.29, 0.717) is 12.1 Å². The maximum absolute atomic E-state index is 13.0. The summed E-state index contributed by atoms with van der Waals surface area (Å²) in [7, 11) is 0. The Labute approximate surface area is 116 Å². The molecule has 0 bridgehead atoms. The average Bonchev–Trinajstić information content (AvgIpc) is 2.39. The Bertz CT molecular complexity index is 569. The number of hydrogen-bond acceptors (Lipinski definition) is 3. The smallest absolute Gasteiger partial charge is 0.326 e. The molecule has 0 spiro atoms. The third-order valence-corrected chi connectivity index (χ3v) is 2.53. The maximum atomic E-state index is 13.0. The van der Waals surface area contributed by atoms with Crippen molar-refractivity contribution in [3.8, 4) is 0 Å². The minimum absolute atomic E-state index is 0.289. The van der Waals surface area contributed by atoms with Gasteiger partial charge in [0.1, 0.15) is 6.04 Å². The number of benzene rings is 1. The fraction of sp³-hybridized carbons (Fsp3) is 0.250. The van der Waals surface area contributed by atoms with Crippen LogP contribution in [0, 0.1) is 17.5 Å². The number of nitrogens with one attached hydrogen (secondary N) is 1. The number of amides is 2. The molecule has 0 aliphatic heterocycles. The lowest BCUT2D eigenvalue weighted by molar-refractivity contribution is -0.139. The molecular weight excluding hydrogens is 293 g/mol. The number of rotatable bonds is 6. The van der Waals surface area contributed by atoms with Gasteiger partial charge in [-0.1, -0.05) is 0 Å². The van der Waals surface area contributed by atoms with E-state index in [0.717, 1.165) is 0 Å². The second kappa shape index (κ2) is 6.73. The van der Waals surface area contributed by atoms with E-state index in [1.807, 2.05) is 5.32 Å². The first kappa shape index (κ1) is 16.5. The highest BCUT2D eigenvalue weighted by Gasteiger charge is 2.22. The molecule has 0 aromatic heterocycles. The molecule has 6 nitrogen and oxygen atoms in total. The Morgan fingerprint density at radius 1 is 1.19 bits per heavy atom. The summed E-state index contributed by atoms with van der Waals surface area (Å²) >= 11 is 0. The number of primary amides is 1. The summed E-state index contributed by atoms with van der Waals surface area (Å²) in [5.74, 6) is -8.24. The second-order valence-electron chi connectivity index (χ2n) is 4.12. The number of halogens is 3. The molecule has 4 N–H and O–H groups in total. The van der Waals surface area contributed by atoms with Gasteiger partial charge >= 0.3 is 5.97 Å². The van der Waals surface area contributed by atoms with Crippen molar-refractivity contribution in [3.63, 3.8) is 0 Å². The average molecular weight is 304 g/mol. The Hall–Kier alpha value is -2.58. The van der Waals surface area contributed by atoms with Gasteiger partial charge in [0.15, 0.2) is 17.5 Å². The number of carboxylic acid groups (broad SMARTS) is 1. The number of carboxylic acids is 1. The molecule has 1 aromatic carbocycles. The van der Waals surface area contributed by atoms with Gasteiger partial charge in [0.2, 0.25) is 5.91 Å². The van der Waals surface area contributed by atoms with Crippen LogP contribution in [-0.4, -0.2) is 28.9 Å². The summed E-state index contributed by atoms with van der Waals surface area (Å²) in [6.07, 6.45) is -0.591. The van der Waals surface area contributed by atoms with E-state index in [1.54, 1.807) is 0 Å². The van der Waals surface area contributed by atoms with E-state index >= 15 is 0 Å². The van der Waals surface area contributed by atoms with E-state index in [-0.39, 0.29) is 12.8 Å². The number of nitrogens with two attached hydrogens (primary N) is 1. The summed E-state index contributed by atoms with van der Waals surface area (Å²) in [5, 5.41) is 10.8. The lowest BCUT2D eigenvalue weighted by Crippen LogP contribution is -2.41. The van der Waals surface area contributed by atoms with Crippen LogP contribution in [0.2, 0.25) is 0 Å². The molecule has 1 rings (SSSR count). The Balaban J connectivity index is 2.87. The van der Waals surface area contributed by atoms with Gasteiger partial charge in [-0.15, -0.1) is 0 Å². The molecule has 0 saturated heterocycles. The summed E-state index contributed by atoms with van der Waals surface area (Å²) < 4.78 is 38.7. The Kier molecular flexibility index (Phi) is 5.28. The van der Waals surface area contributed by atoms with E-state index in [4.69, 9.17) is 10.8 Å². The van der Waals surface area contributed by atoms with Gasteiger partial charge in [-0.3, -0.25) is 9.59 Å². The van der Waals surface area contributed by atoms with Crippen LogP contribution in [0.4, 0.5) is 13.2 Å². The highest BCUT2D eigenvalue weighted by Crippen LogP contribution is 2.14. The lowest BCUT2D eigenvalue weighted by atomic mass is 10.1. The van der Waals surface area contributed by atoms with E-state index < -0.39 is 46.8 Å². The van der Waals surface area contributed by atoms with Crippen LogP contribution in [0.1, 0.15) is 23.2 Å². The van der Waals surface area contributed by atoms with Crippen LogP contribution in [0.3, 0.4) is 0 Å². The van der Waals surface area contributed by atoms with Crippen LogP contribution in [0.25, 0.3) is 0 Å². The quantitative estimate of drug-likeness (QED) is 0.667. The Morgan fingerprint density at radius 2 is 1.71 bits per heavy atom. The summed E-state index contributed by atoms with van der Waals surface area (Å²) in [5.41, 5.74) is 4.27. The molecule has 1 aromatic rings. The van der Waals surface area contributed by atoms with E-state index in [2.05, 4.69) is 0 Å². The van der Waals surface area contributed by atoms with Crippen molar-refractivity contribution in [3.05, 3.63) is 35.1 Å². The number of hydrogen-bond donors (Lipinski definition) is 3. The van der Waals surface area contributed by atoms with Crippen LogP contribution >= 0.6 is 0 Å². The van der Waals surface area contributed by atoms with Crippen molar-refractivity contribution in [1.82, 2.24) is 5.32 Å². The lowest BCUT2D eigenvalue weighted by Gasteiger charge is -2.13. The van der Waals surface area contributed by atoms with Gasteiger partial charge in [0.25, 0.3) is 5.91 Å². The maximum Gasteiger partial charge on any atom is 0.326 e. The van der Waals surface area contributed by atoms with Crippen molar-refractivity contribution in [2.24, 2.45) is 5.73 Å². The number of carbonyl (C=O) groups is 3. The minimum Gasteiger partial charge on any atom is -0.480 e. The van der Waals surface area contributed by atoms with Gasteiger partial charge in [-0.25, -0.2) is 18.0 Å². The van der Waals surface area contributed by atoms with Crippen molar-refractivity contribution < 1.29 is 32.7 Å². The van der Waals surface area contributed by atoms with Crippen LogP contribution in [-0.2, 0) is 9.59 Å². The predicted molar refractivity (Wildman–Crippen MR) is 63.6 cm³/mol. The molecule has 2 amide bonds. The monoisotopic (exact) mass is 304 g/mol. The highest BCUT2D eigenvalue weighted by atomic mass is 19.2. The third kappa shape index (κ3) is 4.48. The van der Waals surface area contributed by atoms with Crippen molar-refractivity contribution >= 4 is 17.8 Å². The first-order chi connectivity index (χ1) is 9.72. The molecule has 0 aliphatic carbocycles. The van der Waals surface area contributed by atoms with Crippen LogP contribution < -0.4 is 11.1 Å². The van der Waals surface area contributed by atoms with Gasteiger partial charge in [-0.05, 0) is 18.6 Å². The topological polar surface area (TPSA) is 109 Å². The molecule has 0 aliphatic rings. The van der Waals surface area contributed by atoms with E-state index in [9.17, 15) is 27.6 Å². The number of aliphatic carboxylic acids is 1. The van der Waals surface area contributed by atoms with Gasteiger partial charge in [0.05, 0.1) is 0 Å². The molecule has 0 unspecified atom stereocenters. The molecule has 0 heterocycles. The second-order valence-corrected chi connectivity index (χ2v) is 4.12. The first-order valence-electron chi connectivity index (χ1n) is 5.69. The van der Waals surface area contributed by atoms with Crippen LogP contribution in [0.15, 0.2) is 12.1 Å². The molecule has 1 atom stereocenters. The summed E-state index contributed by atoms with van der Waals surface area (Å²) in [6, 6.07) is -0.609. The predicted octanol–water partition coefficient (Wildman–Crippen LogP) is 0.552. The fourth-order valence-electron chi connectivity index (χ4n) is 1.47. The highest BCUT2D eigenvalue weighted by molar-refractivity contribution is 5.96. The zero-order chi connectivity index (χ0) is 16.2. The van der Waals surface area contributed by atoms with Crippen molar-refractivity contribution in [2.75, 3.05) is 0 Å². The largest absolute Gasteiger partial charge is 0.480 e. The van der Waals surface area contributed by atoms with Crippen molar-refractivity contribution in [2.45, 2.75) is 18.9 Å². The van der Waals surface area contributed by atoms with Gasteiger partial charge in [0, 0.05) is 12.0 Å². The molecular formula is C12H11F3N2O4. The zero-order valence-electron chi connectivity index (χ0n) is 10.5. The minimum atomic E-state index is -1.74. The molecule has 9 heteroatoms. The first-order valence-corrected chi connectivity index (χ1v) is 5.69. The normalized spacial score (nSPS) is 11.8. The Morgan fingerprint density at radius 3 is 2.14 bits per heavy atom. The summed E-state index contributed by atoms with van der Waals surface area (Å²) in [6.45, 7) is 0. The zero-order valence-corrected chi connectivity index (χ0v) is 10.5. The molecule has 0 fully saturated rings. The molecule has 114 valence electrons. The van der Waals surface area contributed by atoms with Gasteiger partial charge < -0.3 is 16.2 Å².